The number of aromatic nitrogens is 1. The van der Waals surface area contributed by atoms with E-state index in [0.29, 0.717) is 15.8 Å². The maximum Gasteiger partial charge on any atom is 0.197 e. The van der Waals surface area contributed by atoms with Crippen LogP contribution in [0.4, 0.5) is 0 Å². The molecule has 0 unspecified atom stereocenters. The number of pyridine rings is 1. The monoisotopic (exact) mass is 307 g/mol. The number of fused-ring (bicyclic) bond motifs is 2. The Morgan fingerprint density at radius 3 is 2.65 bits per heavy atom. The molecule has 2 aromatic carbocycles. The summed E-state index contributed by atoms with van der Waals surface area (Å²) >= 11 is 9.29. The minimum atomic E-state index is 0.0201. The molecule has 3 rings (SSSR count). The fourth-order valence-corrected chi connectivity index (χ4v) is 2.45. The minimum Gasteiger partial charge on any atom is -0.354 e. The Balaban J connectivity index is 2.57. The molecule has 0 amide bonds. The van der Waals surface area contributed by atoms with Gasteiger partial charge in [-0.2, -0.15) is 0 Å². The lowest BCUT2D eigenvalue weighted by Gasteiger charge is -2.03. The quantitative estimate of drug-likeness (QED) is 0.623. The van der Waals surface area contributed by atoms with Crippen LogP contribution in [-0.2, 0) is 0 Å². The average molecular weight is 309 g/mol. The third-order valence-corrected chi connectivity index (χ3v) is 3.45. The third kappa shape index (κ3) is 1.75. The highest BCUT2D eigenvalue weighted by atomic mass is 79.9. The zero-order valence-corrected chi connectivity index (χ0v) is 11.0. The van der Waals surface area contributed by atoms with Gasteiger partial charge < -0.3 is 4.98 Å². The van der Waals surface area contributed by atoms with Gasteiger partial charge in [-0.1, -0.05) is 27.5 Å². The second-order valence-electron chi connectivity index (χ2n) is 3.83. The van der Waals surface area contributed by atoms with E-state index < -0.39 is 0 Å². The summed E-state index contributed by atoms with van der Waals surface area (Å²) in [6, 6.07) is 10.8. The van der Waals surface area contributed by atoms with E-state index >= 15 is 0 Å². The summed E-state index contributed by atoms with van der Waals surface area (Å²) in [5, 5.41) is 1.94. The van der Waals surface area contributed by atoms with Crippen LogP contribution in [0.25, 0.3) is 21.8 Å². The van der Waals surface area contributed by atoms with Crippen LogP contribution in [-0.4, -0.2) is 4.98 Å². The summed E-state index contributed by atoms with van der Waals surface area (Å²) < 4.78 is 0.892. The first-order chi connectivity index (χ1) is 8.15. The predicted octanol–water partition coefficient (Wildman–Crippen LogP) is 4.10. The van der Waals surface area contributed by atoms with Crippen molar-refractivity contribution < 1.29 is 0 Å². The molecule has 84 valence electrons. The third-order valence-electron chi connectivity index (χ3n) is 2.72. The summed E-state index contributed by atoms with van der Waals surface area (Å²) in [5.41, 5.74) is 1.59. The molecule has 0 atom stereocenters. The van der Waals surface area contributed by atoms with Crippen molar-refractivity contribution in [3.05, 3.63) is 56.1 Å². The Morgan fingerprint density at radius 1 is 1.00 bits per heavy atom. The van der Waals surface area contributed by atoms with Crippen LogP contribution in [0.2, 0.25) is 5.02 Å². The lowest BCUT2D eigenvalue weighted by atomic mass is 10.1. The Labute approximate surface area is 110 Å². The normalized spacial score (nSPS) is 11.2. The molecule has 0 aliphatic rings. The van der Waals surface area contributed by atoms with Crippen LogP contribution in [0.3, 0.4) is 0 Å². The highest BCUT2D eigenvalue weighted by molar-refractivity contribution is 9.10. The lowest BCUT2D eigenvalue weighted by molar-refractivity contribution is 1.47. The van der Waals surface area contributed by atoms with E-state index in [1.807, 2.05) is 18.2 Å². The molecule has 1 heterocycles. The van der Waals surface area contributed by atoms with Crippen molar-refractivity contribution in [3.63, 3.8) is 0 Å². The number of halogens is 2. The van der Waals surface area contributed by atoms with Gasteiger partial charge in [0.1, 0.15) is 0 Å². The first-order valence-corrected chi connectivity index (χ1v) is 6.23. The molecule has 1 aromatic heterocycles. The molecule has 0 fully saturated rings. The van der Waals surface area contributed by atoms with Gasteiger partial charge in [0.25, 0.3) is 0 Å². The van der Waals surface area contributed by atoms with Crippen molar-refractivity contribution in [1.29, 1.82) is 0 Å². The van der Waals surface area contributed by atoms with E-state index in [9.17, 15) is 4.79 Å². The van der Waals surface area contributed by atoms with E-state index in [1.165, 1.54) is 0 Å². The largest absolute Gasteiger partial charge is 0.354 e. The second kappa shape index (κ2) is 3.86. The zero-order chi connectivity index (χ0) is 12.0. The molecule has 0 aliphatic heterocycles. The van der Waals surface area contributed by atoms with Crippen molar-refractivity contribution in [1.82, 2.24) is 4.98 Å². The van der Waals surface area contributed by atoms with E-state index in [-0.39, 0.29) is 5.43 Å². The standard InChI is InChI=1S/C13H7BrClNO/c14-7-1-4-11-10(5-7)13(17)9-3-2-8(15)6-12(9)16-11/h1-6H,(H,16,17). The van der Waals surface area contributed by atoms with Gasteiger partial charge in [-0.15, -0.1) is 0 Å². The molecule has 0 aliphatic carbocycles. The van der Waals surface area contributed by atoms with Crippen molar-refractivity contribution in [2.75, 3.05) is 0 Å². The van der Waals surface area contributed by atoms with E-state index in [4.69, 9.17) is 11.6 Å². The van der Waals surface area contributed by atoms with Crippen LogP contribution >= 0.6 is 27.5 Å². The van der Waals surface area contributed by atoms with Gasteiger partial charge in [-0.05, 0) is 36.4 Å². The highest BCUT2D eigenvalue weighted by Crippen LogP contribution is 2.20. The summed E-state index contributed by atoms with van der Waals surface area (Å²) in [7, 11) is 0. The summed E-state index contributed by atoms with van der Waals surface area (Å²) in [6.07, 6.45) is 0. The number of benzene rings is 2. The number of hydrogen-bond donors (Lipinski definition) is 1. The maximum atomic E-state index is 12.3. The van der Waals surface area contributed by atoms with Crippen molar-refractivity contribution in [2.24, 2.45) is 0 Å². The van der Waals surface area contributed by atoms with Gasteiger partial charge in [-0.3, -0.25) is 4.79 Å². The fourth-order valence-electron chi connectivity index (χ4n) is 1.92. The van der Waals surface area contributed by atoms with Gasteiger partial charge in [0.2, 0.25) is 0 Å². The Hall–Kier alpha value is -1.32. The molecule has 3 aromatic rings. The molecule has 0 saturated heterocycles. The van der Waals surface area contributed by atoms with Gasteiger partial charge in [0.15, 0.2) is 5.43 Å². The van der Waals surface area contributed by atoms with Crippen molar-refractivity contribution in [2.45, 2.75) is 0 Å². The Kier molecular flexibility index (Phi) is 2.45. The molecule has 1 N–H and O–H groups in total. The van der Waals surface area contributed by atoms with Gasteiger partial charge in [0.05, 0.1) is 5.52 Å². The van der Waals surface area contributed by atoms with Gasteiger partial charge >= 0.3 is 0 Å². The number of aromatic amines is 1. The van der Waals surface area contributed by atoms with E-state index in [1.54, 1.807) is 18.2 Å². The summed E-state index contributed by atoms with van der Waals surface area (Å²) in [4.78, 5) is 15.5. The molecule has 0 radical (unpaired) electrons. The first kappa shape index (κ1) is 10.8. The molecule has 2 nitrogen and oxygen atoms in total. The smallest absolute Gasteiger partial charge is 0.197 e. The van der Waals surface area contributed by atoms with Crippen LogP contribution in [0.5, 0.6) is 0 Å². The first-order valence-electron chi connectivity index (χ1n) is 5.06. The lowest BCUT2D eigenvalue weighted by Crippen LogP contribution is -2.03. The van der Waals surface area contributed by atoms with Crippen LogP contribution in [0, 0.1) is 0 Å². The topological polar surface area (TPSA) is 32.9 Å². The summed E-state index contributed by atoms with van der Waals surface area (Å²) in [6.45, 7) is 0. The number of rotatable bonds is 0. The maximum absolute atomic E-state index is 12.3. The average Bonchev–Trinajstić information content (AvgIpc) is 2.30. The van der Waals surface area contributed by atoms with E-state index in [0.717, 1.165) is 15.5 Å². The summed E-state index contributed by atoms with van der Waals surface area (Å²) in [5.74, 6) is 0. The van der Waals surface area contributed by atoms with Crippen molar-refractivity contribution in [3.8, 4) is 0 Å². The molecule has 0 bridgehead atoms. The predicted molar refractivity (Wildman–Crippen MR) is 74.8 cm³/mol. The van der Waals surface area contributed by atoms with Gasteiger partial charge in [-0.25, -0.2) is 0 Å². The van der Waals surface area contributed by atoms with Crippen LogP contribution in [0.15, 0.2) is 45.7 Å². The minimum absolute atomic E-state index is 0.0201. The van der Waals surface area contributed by atoms with E-state index in [2.05, 4.69) is 20.9 Å². The highest BCUT2D eigenvalue weighted by Gasteiger charge is 2.05. The number of nitrogens with one attached hydrogen (secondary N) is 1. The van der Waals surface area contributed by atoms with Crippen LogP contribution < -0.4 is 5.43 Å². The van der Waals surface area contributed by atoms with Crippen LogP contribution in [0.1, 0.15) is 0 Å². The molecular formula is C13H7BrClNO. The molecular weight excluding hydrogens is 302 g/mol. The SMILES string of the molecule is O=c1c2ccc(Cl)cc2[nH]c2ccc(Br)cc12. The van der Waals surface area contributed by atoms with Crippen molar-refractivity contribution >= 4 is 49.3 Å². The zero-order valence-electron chi connectivity index (χ0n) is 8.63. The number of H-pyrrole nitrogens is 1. The molecule has 0 saturated carbocycles. The Bertz CT molecular complexity index is 794. The number of hydrogen-bond acceptors (Lipinski definition) is 1. The molecule has 4 heteroatoms. The molecule has 0 spiro atoms. The second-order valence-corrected chi connectivity index (χ2v) is 5.19. The Morgan fingerprint density at radius 2 is 1.82 bits per heavy atom. The molecule has 17 heavy (non-hydrogen) atoms. The fraction of sp³-hybridized carbons (Fsp3) is 0. The van der Waals surface area contributed by atoms with Gasteiger partial charge in [0, 0.05) is 25.8 Å².